The minimum absolute atomic E-state index is 0.257. The number of nitrogens with zero attached hydrogens (tertiary/aromatic N) is 1. The van der Waals surface area contributed by atoms with Crippen LogP contribution in [0.4, 0.5) is 4.79 Å². The number of piperidine rings is 1. The molecule has 3 amide bonds. The first-order valence-corrected chi connectivity index (χ1v) is 6.63. The van der Waals surface area contributed by atoms with Gasteiger partial charge in [-0.05, 0) is 25.9 Å². The number of hydrogen-bond acceptors (Lipinski definition) is 4. The molecule has 0 bridgehead atoms. The van der Waals surface area contributed by atoms with Crippen molar-refractivity contribution in [2.24, 2.45) is 0 Å². The molecule has 0 aliphatic carbocycles. The largest absolute Gasteiger partial charge is 0.341 e. The van der Waals surface area contributed by atoms with Gasteiger partial charge in [0.2, 0.25) is 5.91 Å². The van der Waals surface area contributed by atoms with Crippen molar-refractivity contribution in [3.8, 4) is 0 Å². The van der Waals surface area contributed by atoms with Crippen molar-refractivity contribution in [3.63, 3.8) is 0 Å². The van der Waals surface area contributed by atoms with Gasteiger partial charge >= 0.3 is 6.03 Å². The van der Waals surface area contributed by atoms with Gasteiger partial charge in [-0.25, -0.2) is 4.79 Å². The molecule has 0 radical (unpaired) electrons. The van der Waals surface area contributed by atoms with E-state index in [4.69, 9.17) is 0 Å². The summed E-state index contributed by atoms with van der Waals surface area (Å²) in [6.07, 6.45) is 3.65. The predicted molar refractivity (Wildman–Crippen MR) is 70.4 cm³/mol. The molecule has 1 unspecified atom stereocenters. The van der Waals surface area contributed by atoms with Gasteiger partial charge in [0.25, 0.3) is 0 Å². The van der Waals surface area contributed by atoms with E-state index in [-0.39, 0.29) is 12.5 Å². The van der Waals surface area contributed by atoms with Crippen LogP contribution in [0, 0.1) is 0 Å². The second-order valence-electron chi connectivity index (χ2n) is 4.60. The average Bonchev–Trinajstić information content (AvgIpc) is 2.38. The van der Waals surface area contributed by atoms with Gasteiger partial charge in [0.05, 0.1) is 6.54 Å². The summed E-state index contributed by atoms with van der Waals surface area (Å²) in [4.78, 5) is 24.7. The SMILES string of the molecule is CCN(CC(=O)NC(=O)NC)CC1CCCCN1. The van der Waals surface area contributed by atoms with E-state index in [1.54, 1.807) is 0 Å². The number of nitrogens with one attached hydrogen (secondary N) is 3. The van der Waals surface area contributed by atoms with E-state index >= 15 is 0 Å². The summed E-state index contributed by atoms with van der Waals surface area (Å²) in [5, 5.41) is 8.10. The highest BCUT2D eigenvalue weighted by atomic mass is 16.2. The molecule has 0 saturated carbocycles. The van der Waals surface area contributed by atoms with Crippen LogP contribution in [-0.2, 0) is 4.79 Å². The molecular formula is C12H24N4O2. The molecule has 1 rings (SSSR count). The van der Waals surface area contributed by atoms with Gasteiger partial charge in [-0.2, -0.15) is 0 Å². The summed E-state index contributed by atoms with van der Waals surface area (Å²) in [5.41, 5.74) is 0. The third-order valence-corrected chi connectivity index (χ3v) is 3.19. The van der Waals surface area contributed by atoms with Crippen LogP contribution in [0.3, 0.4) is 0 Å². The Kier molecular flexibility index (Phi) is 6.67. The zero-order valence-electron chi connectivity index (χ0n) is 11.3. The molecule has 0 spiro atoms. The number of carbonyl (C=O) groups is 2. The topological polar surface area (TPSA) is 73.5 Å². The summed E-state index contributed by atoms with van der Waals surface area (Å²) in [6.45, 7) is 5.02. The van der Waals surface area contributed by atoms with E-state index in [0.717, 1.165) is 26.1 Å². The first-order valence-electron chi connectivity index (χ1n) is 6.63. The summed E-state index contributed by atoms with van der Waals surface area (Å²) in [5.74, 6) is -0.257. The van der Waals surface area contributed by atoms with E-state index in [1.807, 2.05) is 6.92 Å². The first-order chi connectivity index (χ1) is 8.65. The highest BCUT2D eigenvalue weighted by Crippen LogP contribution is 2.08. The van der Waals surface area contributed by atoms with Crippen molar-refractivity contribution < 1.29 is 9.59 Å². The van der Waals surface area contributed by atoms with Crippen molar-refractivity contribution in [2.75, 3.05) is 33.2 Å². The second kappa shape index (κ2) is 8.05. The molecule has 0 aromatic carbocycles. The lowest BCUT2D eigenvalue weighted by Crippen LogP contribution is -2.48. The number of urea groups is 1. The highest BCUT2D eigenvalue weighted by Gasteiger charge is 2.18. The van der Waals surface area contributed by atoms with E-state index in [2.05, 4.69) is 20.9 Å². The summed E-state index contributed by atoms with van der Waals surface area (Å²) < 4.78 is 0. The van der Waals surface area contributed by atoms with Crippen LogP contribution in [-0.4, -0.2) is 56.1 Å². The number of carbonyl (C=O) groups excluding carboxylic acids is 2. The Morgan fingerprint density at radius 1 is 1.39 bits per heavy atom. The minimum Gasteiger partial charge on any atom is -0.341 e. The van der Waals surface area contributed by atoms with Crippen molar-refractivity contribution in [3.05, 3.63) is 0 Å². The quantitative estimate of drug-likeness (QED) is 0.642. The number of likely N-dealkylation sites (N-methyl/N-ethyl adjacent to an activating group) is 1. The van der Waals surface area contributed by atoms with Crippen LogP contribution >= 0.6 is 0 Å². The molecule has 1 aliphatic heterocycles. The molecule has 0 aromatic rings. The lowest BCUT2D eigenvalue weighted by Gasteiger charge is -2.29. The maximum absolute atomic E-state index is 11.6. The Morgan fingerprint density at radius 2 is 2.17 bits per heavy atom. The fraction of sp³-hybridized carbons (Fsp3) is 0.833. The van der Waals surface area contributed by atoms with E-state index in [1.165, 1.54) is 19.9 Å². The lowest BCUT2D eigenvalue weighted by atomic mass is 10.0. The average molecular weight is 256 g/mol. The molecule has 1 fully saturated rings. The lowest BCUT2D eigenvalue weighted by molar-refractivity contribution is -0.121. The predicted octanol–water partition coefficient (Wildman–Crippen LogP) is -0.0940. The maximum atomic E-state index is 11.6. The second-order valence-corrected chi connectivity index (χ2v) is 4.60. The van der Waals surface area contributed by atoms with Crippen LogP contribution in [0.15, 0.2) is 0 Å². The third kappa shape index (κ3) is 5.46. The fourth-order valence-corrected chi connectivity index (χ4v) is 2.13. The van der Waals surface area contributed by atoms with Crippen LogP contribution in [0.1, 0.15) is 26.2 Å². The summed E-state index contributed by atoms with van der Waals surface area (Å²) in [6, 6.07) is 0.0124. The number of rotatable bonds is 5. The molecular weight excluding hydrogens is 232 g/mol. The van der Waals surface area contributed by atoms with Crippen LogP contribution in [0.5, 0.6) is 0 Å². The van der Waals surface area contributed by atoms with E-state index in [9.17, 15) is 9.59 Å². The Morgan fingerprint density at radius 3 is 2.72 bits per heavy atom. The minimum atomic E-state index is -0.452. The Bertz CT molecular complexity index is 277. The third-order valence-electron chi connectivity index (χ3n) is 3.19. The molecule has 104 valence electrons. The van der Waals surface area contributed by atoms with Gasteiger partial charge in [0.15, 0.2) is 0 Å². The zero-order chi connectivity index (χ0) is 13.4. The number of imide groups is 1. The number of hydrogen-bond donors (Lipinski definition) is 3. The molecule has 1 atom stereocenters. The van der Waals surface area contributed by atoms with Crippen molar-refractivity contribution in [1.29, 1.82) is 0 Å². The van der Waals surface area contributed by atoms with Gasteiger partial charge in [-0.3, -0.25) is 15.0 Å². The van der Waals surface area contributed by atoms with Gasteiger partial charge in [0.1, 0.15) is 0 Å². The van der Waals surface area contributed by atoms with Gasteiger partial charge in [0, 0.05) is 19.6 Å². The fourth-order valence-electron chi connectivity index (χ4n) is 2.13. The molecule has 6 nitrogen and oxygen atoms in total. The molecule has 0 aromatic heterocycles. The molecule has 1 saturated heterocycles. The van der Waals surface area contributed by atoms with Crippen LogP contribution in [0.2, 0.25) is 0 Å². The maximum Gasteiger partial charge on any atom is 0.321 e. The normalized spacial score (nSPS) is 19.6. The van der Waals surface area contributed by atoms with Gasteiger partial charge in [-0.1, -0.05) is 13.3 Å². The first kappa shape index (κ1) is 14.9. The van der Waals surface area contributed by atoms with Crippen LogP contribution in [0.25, 0.3) is 0 Å². The Hall–Kier alpha value is -1.14. The Balaban J connectivity index is 2.31. The van der Waals surface area contributed by atoms with Gasteiger partial charge in [-0.15, -0.1) is 0 Å². The van der Waals surface area contributed by atoms with E-state index in [0.29, 0.717) is 6.04 Å². The van der Waals surface area contributed by atoms with Crippen molar-refractivity contribution >= 4 is 11.9 Å². The Labute approximate surface area is 108 Å². The summed E-state index contributed by atoms with van der Waals surface area (Å²) in [7, 11) is 1.49. The standard InChI is InChI=1S/C12H24N4O2/c1-3-16(8-10-6-4-5-7-14-10)9-11(17)15-12(18)13-2/h10,14H,3-9H2,1-2H3,(H2,13,15,17,18). The molecule has 1 heterocycles. The smallest absolute Gasteiger partial charge is 0.321 e. The number of amides is 3. The van der Waals surface area contributed by atoms with Gasteiger partial charge < -0.3 is 10.6 Å². The molecule has 3 N–H and O–H groups in total. The monoisotopic (exact) mass is 256 g/mol. The van der Waals surface area contributed by atoms with Crippen molar-refractivity contribution in [2.45, 2.75) is 32.2 Å². The molecule has 18 heavy (non-hydrogen) atoms. The molecule has 6 heteroatoms. The highest BCUT2D eigenvalue weighted by molar-refractivity contribution is 5.95. The van der Waals surface area contributed by atoms with Crippen molar-refractivity contribution in [1.82, 2.24) is 20.9 Å². The van der Waals surface area contributed by atoms with Crippen LogP contribution < -0.4 is 16.0 Å². The summed E-state index contributed by atoms with van der Waals surface area (Å²) >= 11 is 0. The van der Waals surface area contributed by atoms with E-state index < -0.39 is 6.03 Å². The molecule has 1 aliphatic rings. The zero-order valence-corrected chi connectivity index (χ0v) is 11.3.